The van der Waals surface area contributed by atoms with Gasteiger partial charge in [0.25, 0.3) is 0 Å². The molecule has 1 saturated heterocycles. The van der Waals surface area contributed by atoms with Gasteiger partial charge < -0.3 is 4.90 Å². The van der Waals surface area contributed by atoms with E-state index in [2.05, 4.69) is 18.8 Å². The van der Waals surface area contributed by atoms with Crippen LogP contribution < -0.4 is 4.90 Å². The van der Waals surface area contributed by atoms with Gasteiger partial charge in [0.05, 0.1) is 16.6 Å². The van der Waals surface area contributed by atoms with Crippen LogP contribution in [0.4, 0.5) is 19.0 Å². The molecule has 1 aliphatic rings. The number of imidazole rings is 1. The molecule has 4 nitrogen and oxygen atoms in total. The van der Waals surface area contributed by atoms with E-state index in [1.807, 2.05) is 17.0 Å². The van der Waals surface area contributed by atoms with Crippen molar-refractivity contribution in [3.8, 4) is 6.07 Å². The molecule has 2 atom stereocenters. The zero-order valence-corrected chi connectivity index (χ0v) is 15.1. The first kappa shape index (κ1) is 17.7. The molecule has 0 N–H and O–H groups in total. The standard InChI is InChI=1S/C20H19F3N4/c1-12-7-13(2)11-26(10-12)18-8-15(20(21,22)23)14(9-24)19-25-16-5-3-4-6-17(16)27(18)19/h3-6,8,12-13H,7,10-11H2,1-2H3/t12-,13+. The van der Waals surface area contributed by atoms with Crippen molar-refractivity contribution in [3.05, 3.63) is 41.5 Å². The number of anilines is 1. The Bertz CT molecular complexity index is 1050. The van der Waals surface area contributed by atoms with E-state index in [1.54, 1.807) is 22.6 Å². The Balaban J connectivity index is 2.09. The highest BCUT2D eigenvalue weighted by atomic mass is 19.4. The van der Waals surface area contributed by atoms with E-state index in [-0.39, 0.29) is 5.65 Å². The molecule has 0 amide bonds. The van der Waals surface area contributed by atoms with Crippen LogP contribution in [0.1, 0.15) is 31.4 Å². The van der Waals surface area contributed by atoms with Crippen LogP contribution in [0.5, 0.6) is 0 Å². The van der Waals surface area contributed by atoms with Crippen molar-refractivity contribution in [1.29, 1.82) is 5.26 Å². The van der Waals surface area contributed by atoms with E-state index in [9.17, 15) is 18.4 Å². The van der Waals surface area contributed by atoms with Gasteiger partial charge in [0.15, 0.2) is 5.65 Å². The van der Waals surface area contributed by atoms with E-state index in [0.29, 0.717) is 41.8 Å². The molecule has 0 saturated carbocycles. The number of fused-ring (bicyclic) bond motifs is 3. The number of aromatic nitrogens is 2. The quantitative estimate of drug-likeness (QED) is 0.613. The largest absolute Gasteiger partial charge is 0.417 e. The summed E-state index contributed by atoms with van der Waals surface area (Å²) in [5, 5.41) is 9.47. The Morgan fingerprint density at radius 1 is 1.15 bits per heavy atom. The first-order chi connectivity index (χ1) is 12.8. The maximum atomic E-state index is 13.7. The molecule has 1 fully saturated rings. The lowest BCUT2D eigenvalue weighted by Gasteiger charge is -2.37. The van der Waals surface area contributed by atoms with Gasteiger partial charge in [0.1, 0.15) is 17.5 Å². The molecule has 1 aromatic carbocycles. The maximum absolute atomic E-state index is 13.7. The SMILES string of the molecule is C[C@@H]1C[C@H](C)CN(c2cc(C(F)(F)F)c(C#N)c3nc4ccccc4n23)C1. The molecule has 3 aromatic rings. The highest BCUT2D eigenvalue weighted by Gasteiger charge is 2.37. The Morgan fingerprint density at radius 3 is 2.44 bits per heavy atom. The number of alkyl halides is 3. The van der Waals surface area contributed by atoms with Crippen LogP contribution >= 0.6 is 0 Å². The van der Waals surface area contributed by atoms with Gasteiger partial charge in [-0.2, -0.15) is 18.4 Å². The average Bonchev–Trinajstić information content (AvgIpc) is 2.98. The fourth-order valence-electron chi connectivity index (χ4n) is 4.23. The molecule has 27 heavy (non-hydrogen) atoms. The van der Waals surface area contributed by atoms with Crippen molar-refractivity contribution in [2.75, 3.05) is 18.0 Å². The molecule has 4 rings (SSSR count). The zero-order chi connectivity index (χ0) is 19.3. The Labute approximate surface area is 154 Å². The van der Waals surface area contributed by atoms with Gasteiger partial charge in [0, 0.05) is 13.1 Å². The third-order valence-electron chi connectivity index (χ3n) is 5.17. The molecule has 0 radical (unpaired) electrons. The molecular weight excluding hydrogens is 353 g/mol. The minimum absolute atomic E-state index is 0.0643. The van der Waals surface area contributed by atoms with Crippen LogP contribution in [0.25, 0.3) is 16.7 Å². The lowest BCUT2D eigenvalue weighted by molar-refractivity contribution is -0.137. The predicted molar refractivity (Wildman–Crippen MR) is 97.6 cm³/mol. The molecule has 0 unspecified atom stereocenters. The number of benzene rings is 1. The average molecular weight is 372 g/mol. The summed E-state index contributed by atoms with van der Waals surface area (Å²) in [6.07, 6.45) is -3.57. The van der Waals surface area contributed by atoms with Crippen LogP contribution in [0, 0.1) is 23.2 Å². The van der Waals surface area contributed by atoms with Gasteiger partial charge in [-0.1, -0.05) is 26.0 Å². The van der Waals surface area contributed by atoms with Gasteiger partial charge in [-0.25, -0.2) is 4.98 Å². The van der Waals surface area contributed by atoms with E-state index in [4.69, 9.17) is 0 Å². The maximum Gasteiger partial charge on any atom is 0.417 e. The second-order valence-corrected chi connectivity index (χ2v) is 7.51. The third kappa shape index (κ3) is 2.89. The number of halogens is 3. The summed E-state index contributed by atoms with van der Waals surface area (Å²) in [5.41, 5.74) is -0.00469. The van der Waals surface area contributed by atoms with E-state index >= 15 is 0 Å². The summed E-state index contributed by atoms with van der Waals surface area (Å²) >= 11 is 0. The van der Waals surface area contributed by atoms with E-state index < -0.39 is 17.3 Å². The first-order valence-corrected chi connectivity index (χ1v) is 8.96. The molecule has 3 heterocycles. The number of hydrogen-bond donors (Lipinski definition) is 0. The summed E-state index contributed by atoms with van der Waals surface area (Å²) in [7, 11) is 0. The lowest BCUT2D eigenvalue weighted by atomic mass is 9.92. The summed E-state index contributed by atoms with van der Waals surface area (Å²) in [6.45, 7) is 5.57. The highest BCUT2D eigenvalue weighted by Crippen LogP contribution is 2.39. The normalized spacial score (nSPS) is 21.0. The van der Waals surface area contributed by atoms with Gasteiger partial charge in [-0.15, -0.1) is 0 Å². The molecular formula is C20H19F3N4. The number of para-hydroxylation sites is 2. The molecule has 0 bridgehead atoms. The third-order valence-corrected chi connectivity index (χ3v) is 5.17. The van der Waals surface area contributed by atoms with Crippen LogP contribution in [0.3, 0.4) is 0 Å². The van der Waals surface area contributed by atoms with Crippen molar-refractivity contribution >= 4 is 22.5 Å². The second kappa shape index (κ2) is 6.15. The van der Waals surface area contributed by atoms with Gasteiger partial charge in [-0.3, -0.25) is 4.40 Å². The smallest absolute Gasteiger partial charge is 0.357 e. The van der Waals surface area contributed by atoms with Crippen molar-refractivity contribution in [1.82, 2.24) is 9.38 Å². The molecule has 0 aliphatic carbocycles. The summed E-state index contributed by atoms with van der Waals surface area (Å²) < 4.78 is 42.8. The summed E-state index contributed by atoms with van der Waals surface area (Å²) in [5.74, 6) is 1.20. The predicted octanol–water partition coefficient (Wildman–Crippen LogP) is 4.86. The lowest BCUT2D eigenvalue weighted by Crippen LogP contribution is -2.39. The van der Waals surface area contributed by atoms with E-state index in [1.165, 1.54) is 0 Å². The van der Waals surface area contributed by atoms with Crippen molar-refractivity contribution in [2.24, 2.45) is 11.8 Å². The van der Waals surface area contributed by atoms with Gasteiger partial charge in [-0.05, 0) is 36.5 Å². The van der Waals surface area contributed by atoms with Crippen LogP contribution in [0.15, 0.2) is 30.3 Å². The van der Waals surface area contributed by atoms with Crippen molar-refractivity contribution in [2.45, 2.75) is 26.4 Å². The fourth-order valence-corrected chi connectivity index (χ4v) is 4.23. The zero-order valence-electron chi connectivity index (χ0n) is 15.1. The Morgan fingerprint density at radius 2 is 1.81 bits per heavy atom. The number of pyridine rings is 1. The minimum Gasteiger partial charge on any atom is -0.357 e. The number of rotatable bonds is 1. The van der Waals surface area contributed by atoms with Gasteiger partial charge in [0.2, 0.25) is 0 Å². The molecule has 2 aromatic heterocycles. The Hall–Kier alpha value is -2.75. The highest BCUT2D eigenvalue weighted by molar-refractivity contribution is 5.85. The topological polar surface area (TPSA) is 44.3 Å². The van der Waals surface area contributed by atoms with Gasteiger partial charge >= 0.3 is 6.18 Å². The van der Waals surface area contributed by atoms with Crippen molar-refractivity contribution in [3.63, 3.8) is 0 Å². The Kier molecular flexibility index (Phi) is 4.02. The monoisotopic (exact) mass is 372 g/mol. The number of piperidine rings is 1. The van der Waals surface area contributed by atoms with Crippen LogP contribution in [-0.4, -0.2) is 22.5 Å². The van der Waals surface area contributed by atoms with Crippen molar-refractivity contribution < 1.29 is 13.2 Å². The summed E-state index contributed by atoms with van der Waals surface area (Å²) in [4.78, 5) is 6.36. The molecule has 0 spiro atoms. The summed E-state index contributed by atoms with van der Waals surface area (Å²) in [6, 6.07) is 10.0. The van der Waals surface area contributed by atoms with Crippen LogP contribution in [0.2, 0.25) is 0 Å². The first-order valence-electron chi connectivity index (χ1n) is 8.96. The van der Waals surface area contributed by atoms with Crippen LogP contribution in [-0.2, 0) is 6.18 Å². The number of nitriles is 1. The number of nitrogens with zero attached hydrogens (tertiary/aromatic N) is 4. The second-order valence-electron chi connectivity index (χ2n) is 7.51. The minimum atomic E-state index is -4.62. The fraction of sp³-hybridized carbons (Fsp3) is 0.400. The molecule has 1 aliphatic heterocycles. The molecule has 140 valence electrons. The van der Waals surface area contributed by atoms with E-state index in [0.717, 1.165) is 12.5 Å². The molecule has 7 heteroatoms. The number of hydrogen-bond acceptors (Lipinski definition) is 3.